The summed E-state index contributed by atoms with van der Waals surface area (Å²) >= 11 is 0. The number of nitrogens with zero attached hydrogens (tertiary/aromatic N) is 1. The SMILES string of the molecule is Cc1ccccc1N1[C@H](C)[C@H]1c1ccc2ccccc2c1. The van der Waals surface area contributed by atoms with Crippen molar-refractivity contribution in [2.45, 2.75) is 25.9 Å². The van der Waals surface area contributed by atoms with Crippen molar-refractivity contribution in [2.24, 2.45) is 0 Å². The fourth-order valence-corrected chi connectivity index (χ4v) is 3.40. The van der Waals surface area contributed by atoms with Crippen molar-refractivity contribution in [1.29, 1.82) is 0 Å². The molecule has 3 aromatic rings. The third-order valence-electron chi connectivity index (χ3n) is 4.61. The number of anilines is 1. The maximum atomic E-state index is 2.51. The summed E-state index contributed by atoms with van der Waals surface area (Å²) in [6.45, 7) is 4.50. The van der Waals surface area contributed by atoms with E-state index in [1.165, 1.54) is 27.6 Å². The van der Waals surface area contributed by atoms with Gasteiger partial charge in [-0.1, -0.05) is 54.6 Å². The molecule has 104 valence electrons. The zero-order valence-electron chi connectivity index (χ0n) is 12.5. The third kappa shape index (κ3) is 2.01. The molecule has 0 N–H and O–H groups in total. The minimum Gasteiger partial charge on any atom is -0.357 e. The van der Waals surface area contributed by atoms with Crippen LogP contribution in [0.1, 0.15) is 24.1 Å². The minimum atomic E-state index is 0.510. The Morgan fingerprint density at radius 2 is 1.52 bits per heavy atom. The molecular weight excluding hydrogens is 254 g/mol. The molecule has 2 atom stereocenters. The van der Waals surface area contributed by atoms with Crippen molar-refractivity contribution < 1.29 is 0 Å². The average molecular weight is 273 g/mol. The quantitative estimate of drug-likeness (QED) is 0.587. The first-order valence-corrected chi connectivity index (χ1v) is 7.58. The largest absolute Gasteiger partial charge is 0.357 e. The highest BCUT2D eigenvalue weighted by atomic mass is 15.3. The zero-order chi connectivity index (χ0) is 14.4. The fourth-order valence-electron chi connectivity index (χ4n) is 3.40. The van der Waals surface area contributed by atoms with Gasteiger partial charge in [-0.05, 0) is 47.9 Å². The molecule has 3 aromatic carbocycles. The van der Waals surface area contributed by atoms with Gasteiger partial charge in [-0.25, -0.2) is 0 Å². The summed E-state index contributed by atoms with van der Waals surface area (Å²) in [6.07, 6.45) is 0. The van der Waals surface area contributed by atoms with Crippen molar-refractivity contribution in [3.8, 4) is 0 Å². The Morgan fingerprint density at radius 1 is 0.810 bits per heavy atom. The van der Waals surface area contributed by atoms with Crippen LogP contribution in [0.25, 0.3) is 10.8 Å². The summed E-state index contributed by atoms with van der Waals surface area (Å²) in [7, 11) is 0. The molecule has 1 heteroatoms. The van der Waals surface area contributed by atoms with Gasteiger partial charge in [0.1, 0.15) is 0 Å². The lowest BCUT2D eigenvalue weighted by Gasteiger charge is -2.10. The normalized spacial score (nSPS) is 20.8. The lowest BCUT2D eigenvalue weighted by Crippen LogP contribution is -1.98. The van der Waals surface area contributed by atoms with E-state index in [-0.39, 0.29) is 0 Å². The number of rotatable bonds is 2. The summed E-state index contributed by atoms with van der Waals surface area (Å²) < 4.78 is 0. The van der Waals surface area contributed by atoms with E-state index in [1.54, 1.807) is 0 Å². The Bertz CT molecular complexity index is 806. The van der Waals surface area contributed by atoms with Crippen molar-refractivity contribution >= 4 is 16.5 Å². The van der Waals surface area contributed by atoms with Crippen molar-refractivity contribution in [1.82, 2.24) is 0 Å². The minimum absolute atomic E-state index is 0.510. The smallest absolute Gasteiger partial charge is 0.0747 e. The molecule has 0 spiro atoms. The van der Waals surface area contributed by atoms with E-state index < -0.39 is 0 Å². The number of hydrogen-bond acceptors (Lipinski definition) is 1. The lowest BCUT2D eigenvalue weighted by atomic mass is 10.0. The molecule has 21 heavy (non-hydrogen) atoms. The van der Waals surface area contributed by atoms with Gasteiger partial charge in [-0.2, -0.15) is 0 Å². The average Bonchev–Trinajstić information content (AvgIpc) is 3.18. The molecule has 0 unspecified atom stereocenters. The highest BCUT2D eigenvalue weighted by Crippen LogP contribution is 2.47. The molecule has 0 aliphatic carbocycles. The second kappa shape index (κ2) is 4.63. The number of hydrogen-bond donors (Lipinski definition) is 0. The van der Waals surface area contributed by atoms with Crippen LogP contribution in [0, 0.1) is 6.92 Å². The van der Waals surface area contributed by atoms with Crippen LogP contribution in [0.3, 0.4) is 0 Å². The fraction of sp³-hybridized carbons (Fsp3) is 0.200. The lowest BCUT2D eigenvalue weighted by molar-refractivity contribution is 1.04. The highest BCUT2D eigenvalue weighted by molar-refractivity contribution is 5.83. The zero-order valence-corrected chi connectivity index (χ0v) is 12.5. The van der Waals surface area contributed by atoms with Crippen LogP contribution in [0.2, 0.25) is 0 Å². The Hall–Kier alpha value is -2.28. The monoisotopic (exact) mass is 273 g/mol. The topological polar surface area (TPSA) is 3.01 Å². The van der Waals surface area contributed by atoms with Gasteiger partial charge < -0.3 is 4.90 Å². The van der Waals surface area contributed by atoms with Crippen LogP contribution in [0.4, 0.5) is 5.69 Å². The molecule has 4 rings (SSSR count). The molecule has 1 aliphatic heterocycles. The first-order chi connectivity index (χ1) is 10.3. The van der Waals surface area contributed by atoms with Gasteiger partial charge in [0.25, 0.3) is 0 Å². The van der Waals surface area contributed by atoms with Crippen molar-refractivity contribution in [3.63, 3.8) is 0 Å². The Balaban J connectivity index is 1.72. The summed E-state index contributed by atoms with van der Waals surface area (Å²) in [6, 6.07) is 25.2. The predicted octanol–water partition coefficient (Wildman–Crippen LogP) is 5.10. The Labute approximate surface area is 125 Å². The van der Waals surface area contributed by atoms with Crippen LogP contribution in [0.5, 0.6) is 0 Å². The van der Waals surface area contributed by atoms with Gasteiger partial charge in [-0.3, -0.25) is 0 Å². The number of aryl methyl sites for hydroxylation is 1. The van der Waals surface area contributed by atoms with Crippen LogP contribution in [0.15, 0.2) is 66.7 Å². The number of fused-ring (bicyclic) bond motifs is 1. The Morgan fingerprint density at radius 3 is 2.33 bits per heavy atom. The van der Waals surface area contributed by atoms with E-state index in [9.17, 15) is 0 Å². The molecular formula is C20H19N. The molecule has 1 nitrogen and oxygen atoms in total. The molecule has 1 aliphatic rings. The maximum absolute atomic E-state index is 2.51. The van der Waals surface area contributed by atoms with Crippen LogP contribution in [-0.4, -0.2) is 6.04 Å². The summed E-state index contributed by atoms with van der Waals surface area (Å²) in [5.41, 5.74) is 4.14. The second-order valence-electron chi connectivity index (χ2n) is 5.99. The molecule has 0 radical (unpaired) electrons. The molecule has 0 aromatic heterocycles. The van der Waals surface area contributed by atoms with Gasteiger partial charge in [-0.15, -0.1) is 0 Å². The number of para-hydroxylation sites is 1. The predicted molar refractivity (Wildman–Crippen MR) is 89.8 cm³/mol. The van der Waals surface area contributed by atoms with E-state index in [0.29, 0.717) is 12.1 Å². The molecule has 1 fully saturated rings. The highest BCUT2D eigenvalue weighted by Gasteiger charge is 2.45. The van der Waals surface area contributed by atoms with E-state index in [4.69, 9.17) is 0 Å². The van der Waals surface area contributed by atoms with Gasteiger partial charge in [0.2, 0.25) is 0 Å². The van der Waals surface area contributed by atoms with Gasteiger partial charge in [0, 0.05) is 5.69 Å². The van der Waals surface area contributed by atoms with Crippen LogP contribution in [-0.2, 0) is 0 Å². The second-order valence-corrected chi connectivity index (χ2v) is 5.99. The molecule has 1 heterocycles. The van der Waals surface area contributed by atoms with Crippen molar-refractivity contribution in [2.75, 3.05) is 4.90 Å². The summed E-state index contributed by atoms with van der Waals surface area (Å²) in [5, 5.41) is 2.65. The van der Waals surface area contributed by atoms with E-state index in [2.05, 4.69) is 85.5 Å². The van der Waals surface area contributed by atoms with Crippen LogP contribution < -0.4 is 4.90 Å². The first-order valence-electron chi connectivity index (χ1n) is 7.58. The van der Waals surface area contributed by atoms with E-state index >= 15 is 0 Å². The molecule has 0 saturated carbocycles. The standard InChI is InChI=1S/C20H19N/c1-14-7-3-6-10-19(14)21-15(2)20(21)18-12-11-16-8-4-5-9-17(16)13-18/h3-13,15,20H,1-2H3/t15-,20+,21?/m1/s1. The van der Waals surface area contributed by atoms with Crippen LogP contribution >= 0.6 is 0 Å². The van der Waals surface area contributed by atoms with Gasteiger partial charge >= 0.3 is 0 Å². The molecule has 1 saturated heterocycles. The van der Waals surface area contributed by atoms with E-state index in [1.807, 2.05) is 0 Å². The molecule has 0 amide bonds. The third-order valence-corrected chi connectivity index (χ3v) is 4.61. The van der Waals surface area contributed by atoms with Gasteiger partial charge in [0.15, 0.2) is 0 Å². The van der Waals surface area contributed by atoms with Crippen molar-refractivity contribution in [3.05, 3.63) is 77.9 Å². The Kier molecular flexibility index (Phi) is 2.75. The summed E-state index contributed by atoms with van der Waals surface area (Å²) in [5.74, 6) is 0. The summed E-state index contributed by atoms with van der Waals surface area (Å²) in [4.78, 5) is 2.51. The van der Waals surface area contributed by atoms with E-state index in [0.717, 1.165) is 0 Å². The number of benzene rings is 3. The van der Waals surface area contributed by atoms with Gasteiger partial charge in [0.05, 0.1) is 12.1 Å². The molecule has 0 bridgehead atoms. The first kappa shape index (κ1) is 12.5. The maximum Gasteiger partial charge on any atom is 0.0747 e.